The molecule has 1 atom stereocenters. The van der Waals surface area contributed by atoms with E-state index in [1.165, 1.54) is 24.3 Å². The van der Waals surface area contributed by atoms with Crippen LogP contribution >= 0.6 is 0 Å². The number of aromatic carboxylic acids is 1. The second kappa shape index (κ2) is 11.5. The molecule has 0 amide bonds. The van der Waals surface area contributed by atoms with Crippen LogP contribution in [0.3, 0.4) is 0 Å². The highest BCUT2D eigenvalue weighted by molar-refractivity contribution is 5.92. The van der Waals surface area contributed by atoms with Gasteiger partial charge in [-0.3, -0.25) is 0 Å². The van der Waals surface area contributed by atoms with Crippen molar-refractivity contribution in [2.75, 3.05) is 6.61 Å². The highest BCUT2D eigenvalue weighted by Gasteiger charge is 2.30. The van der Waals surface area contributed by atoms with Crippen LogP contribution in [0.15, 0.2) is 78.9 Å². The fourth-order valence-electron chi connectivity index (χ4n) is 4.93. The van der Waals surface area contributed by atoms with Gasteiger partial charge in [-0.15, -0.1) is 0 Å². The van der Waals surface area contributed by atoms with Gasteiger partial charge in [0, 0.05) is 24.7 Å². The van der Waals surface area contributed by atoms with Gasteiger partial charge in [0.2, 0.25) is 5.88 Å². The summed E-state index contributed by atoms with van der Waals surface area (Å²) in [6.07, 6.45) is -3.21. The molecule has 3 heterocycles. The fraction of sp³-hybridized carbons (Fsp3) is 0.219. The van der Waals surface area contributed by atoms with Gasteiger partial charge in [0.25, 0.3) is 0 Å². The molecule has 0 radical (unpaired) electrons. The minimum Gasteiger partial charge on any atom is -0.478 e. The van der Waals surface area contributed by atoms with Crippen LogP contribution < -0.4 is 4.74 Å². The van der Waals surface area contributed by atoms with Gasteiger partial charge >= 0.3 is 12.1 Å². The lowest BCUT2D eigenvalue weighted by Crippen LogP contribution is -2.31. The normalized spacial score (nSPS) is 14.9. The minimum absolute atomic E-state index is 0.00311. The second-order valence-corrected chi connectivity index (χ2v) is 10.3. The average Bonchev–Trinajstić information content (AvgIpc) is 3.29. The first kappa shape index (κ1) is 28.4. The van der Waals surface area contributed by atoms with E-state index < -0.39 is 23.5 Å². The van der Waals surface area contributed by atoms with Crippen molar-refractivity contribution in [3.8, 4) is 17.1 Å². The molecule has 3 aromatic carbocycles. The molecule has 1 aliphatic rings. The highest BCUT2D eigenvalue weighted by Crippen LogP contribution is 2.30. The zero-order valence-corrected chi connectivity index (χ0v) is 22.6. The largest absolute Gasteiger partial charge is 0.478 e. The van der Waals surface area contributed by atoms with E-state index in [0.717, 1.165) is 18.6 Å². The number of rotatable bonds is 9. The Morgan fingerprint density at radius 1 is 1.00 bits per heavy atom. The van der Waals surface area contributed by atoms with Crippen molar-refractivity contribution in [3.05, 3.63) is 113 Å². The van der Waals surface area contributed by atoms with Crippen LogP contribution in [0.2, 0.25) is 0 Å². The molecule has 1 fully saturated rings. The van der Waals surface area contributed by atoms with Crippen LogP contribution in [-0.4, -0.2) is 38.3 Å². The Hall–Kier alpha value is -4.77. The molecule has 5 aromatic rings. The fourth-order valence-corrected chi connectivity index (χ4v) is 4.93. The number of carboxylic acids is 1. The molecule has 0 aliphatic carbocycles. The van der Waals surface area contributed by atoms with E-state index in [9.17, 15) is 23.1 Å². The number of benzene rings is 3. The molecule has 0 spiro atoms. The summed E-state index contributed by atoms with van der Waals surface area (Å²) >= 11 is 0. The quantitative estimate of drug-likeness (QED) is 0.188. The number of ether oxygens (including phenoxy) is 2. The number of carbonyl (C=O) groups is 1. The summed E-state index contributed by atoms with van der Waals surface area (Å²) < 4.78 is 67.0. The van der Waals surface area contributed by atoms with E-state index >= 15 is 4.39 Å². The Bertz CT molecular complexity index is 1800. The third kappa shape index (κ3) is 6.21. The molecule has 6 rings (SSSR count). The van der Waals surface area contributed by atoms with Gasteiger partial charge < -0.3 is 19.1 Å². The number of carboxylic acid groups (broad SMARTS) is 1. The predicted molar refractivity (Wildman–Crippen MR) is 149 cm³/mol. The van der Waals surface area contributed by atoms with Crippen LogP contribution in [0.1, 0.15) is 39.3 Å². The molecule has 7 nitrogen and oxygen atoms in total. The smallest absolute Gasteiger partial charge is 0.416 e. The van der Waals surface area contributed by atoms with Crippen molar-refractivity contribution in [1.29, 1.82) is 0 Å². The summed E-state index contributed by atoms with van der Waals surface area (Å²) in [6.45, 7) is 1.19. The van der Waals surface area contributed by atoms with E-state index in [2.05, 4.69) is 4.98 Å². The Morgan fingerprint density at radius 3 is 2.44 bits per heavy atom. The second-order valence-electron chi connectivity index (χ2n) is 10.3. The lowest BCUT2D eigenvalue weighted by molar-refractivity contribution is -0.137. The predicted octanol–water partition coefficient (Wildman–Crippen LogP) is 6.91. The van der Waals surface area contributed by atoms with E-state index in [-0.39, 0.29) is 29.7 Å². The van der Waals surface area contributed by atoms with Gasteiger partial charge in [-0.05, 0) is 66.1 Å². The Kier molecular flexibility index (Phi) is 7.57. The van der Waals surface area contributed by atoms with E-state index in [1.54, 1.807) is 42.5 Å². The molecule has 220 valence electrons. The Morgan fingerprint density at radius 2 is 1.77 bits per heavy atom. The van der Waals surface area contributed by atoms with Gasteiger partial charge in [-0.25, -0.2) is 19.2 Å². The maximum atomic E-state index is 15.4. The number of hydrogen-bond acceptors (Lipinski definition) is 5. The van der Waals surface area contributed by atoms with Crippen LogP contribution in [0.4, 0.5) is 17.6 Å². The Labute approximate surface area is 243 Å². The lowest BCUT2D eigenvalue weighted by atomic mass is 10.1. The number of hydrogen-bond donors (Lipinski definition) is 1. The van der Waals surface area contributed by atoms with Gasteiger partial charge in [-0.1, -0.05) is 24.3 Å². The molecule has 0 bridgehead atoms. The third-order valence-electron chi connectivity index (χ3n) is 7.32. The van der Waals surface area contributed by atoms with Gasteiger partial charge in [0.05, 0.1) is 40.5 Å². The van der Waals surface area contributed by atoms with E-state index in [0.29, 0.717) is 53.3 Å². The first-order valence-corrected chi connectivity index (χ1v) is 13.5. The Balaban J connectivity index is 1.20. The number of fused-ring (bicyclic) bond motifs is 1. The number of pyridine rings is 1. The van der Waals surface area contributed by atoms with Crippen molar-refractivity contribution in [2.24, 2.45) is 0 Å². The molecule has 11 heteroatoms. The zero-order valence-electron chi connectivity index (χ0n) is 22.6. The number of halogens is 4. The van der Waals surface area contributed by atoms with Crippen LogP contribution in [0.25, 0.3) is 22.3 Å². The van der Waals surface area contributed by atoms with Gasteiger partial charge in [-0.2, -0.15) is 13.2 Å². The summed E-state index contributed by atoms with van der Waals surface area (Å²) in [5.41, 5.74) is 2.53. The molecular formula is C32H25F4N3O4. The van der Waals surface area contributed by atoms with Crippen molar-refractivity contribution in [2.45, 2.75) is 38.3 Å². The summed E-state index contributed by atoms with van der Waals surface area (Å²) in [6, 6.07) is 19.1. The first-order chi connectivity index (χ1) is 20.6. The van der Waals surface area contributed by atoms with Gasteiger partial charge in [0.1, 0.15) is 18.2 Å². The van der Waals surface area contributed by atoms with Crippen molar-refractivity contribution < 1.29 is 36.9 Å². The topological polar surface area (TPSA) is 86.5 Å². The monoisotopic (exact) mass is 591 g/mol. The number of nitrogens with zero attached hydrogens (tertiary/aromatic N) is 3. The maximum Gasteiger partial charge on any atom is 0.416 e. The third-order valence-corrected chi connectivity index (χ3v) is 7.32. The zero-order chi connectivity index (χ0) is 30.1. The van der Waals surface area contributed by atoms with Crippen LogP contribution in [0, 0.1) is 5.82 Å². The average molecular weight is 592 g/mol. The molecule has 2 aromatic heterocycles. The standard InChI is InChI=1S/C32H25F4N3O4/c33-25-14-20(15-29-37-27-11-7-21(31(40)41)16-28(27)39(29)17-23-12-13-42-23)6-10-24(25)26-2-1-3-30(38-26)43-18-19-4-8-22(9-5-19)32(34,35)36/h1-11,14,16,23H,12-13,15,17-18H2,(H,40,41)/t23-/m0/s1. The molecule has 43 heavy (non-hydrogen) atoms. The minimum atomic E-state index is -4.42. The summed E-state index contributed by atoms with van der Waals surface area (Å²) in [5.74, 6) is -0.662. The maximum absolute atomic E-state index is 15.4. The molecule has 1 aliphatic heterocycles. The number of imidazole rings is 1. The van der Waals surface area contributed by atoms with Crippen LogP contribution in [-0.2, 0) is 30.5 Å². The highest BCUT2D eigenvalue weighted by atomic mass is 19.4. The van der Waals surface area contributed by atoms with E-state index in [4.69, 9.17) is 14.5 Å². The number of aromatic nitrogens is 3. The van der Waals surface area contributed by atoms with Crippen molar-refractivity contribution in [3.63, 3.8) is 0 Å². The van der Waals surface area contributed by atoms with Gasteiger partial charge in [0.15, 0.2) is 0 Å². The molecule has 0 saturated carbocycles. The summed E-state index contributed by atoms with van der Waals surface area (Å²) in [7, 11) is 0. The van der Waals surface area contributed by atoms with E-state index in [1.807, 2.05) is 4.57 Å². The molecule has 1 N–H and O–H groups in total. The molecule has 0 unspecified atom stereocenters. The van der Waals surface area contributed by atoms with Crippen LogP contribution in [0.5, 0.6) is 5.88 Å². The summed E-state index contributed by atoms with van der Waals surface area (Å²) in [4.78, 5) is 20.6. The molecule has 1 saturated heterocycles. The number of alkyl halides is 3. The lowest BCUT2D eigenvalue weighted by Gasteiger charge is -2.27. The summed E-state index contributed by atoms with van der Waals surface area (Å²) in [5, 5.41) is 9.46. The SMILES string of the molecule is O=C(O)c1ccc2nc(Cc3ccc(-c4cccc(OCc5ccc(C(F)(F)F)cc5)n4)c(F)c3)n(C[C@@H]3CCO3)c2c1. The first-order valence-electron chi connectivity index (χ1n) is 13.5. The van der Waals surface area contributed by atoms with Crippen molar-refractivity contribution in [1.82, 2.24) is 14.5 Å². The van der Waals surface area contributed by atoms with Crippen molar-refractivity contribution >= 4 is 17.0 Å². The molecular weight excluding hydrogens is 566 g/mol.